The molecular weight excluding hydrogens is 401 g/mol. The van der Waals surface area contributed by atoms with Crippen LogP contribution in [0, 0.1) is 17.5 Å². The van der Waals surface area contributed by atoms with Crippen LogP contribution in [0.4, 0.5) is 18.9 Å². The Bertz CT molecular complexity index is 904. The minimum absolute atomic E-state index is 0.180. The smallest absolute Gasteiger partial charge is 0.256 e. The van der Waals surface area contributed by atoms with Crippen LogP contribution < -0.4 is 10.5 Å². The monoisotopic (exact) mass is 408 g/mol. The summed E-state index contributed by atoms with van der Waals surface area (Å²) >= 11 is 3.03. The third-order valence-electron chi connectivity index (χ3n) is 2.77. The van der Waals surface area contributed by atoms with Gasteiger partial charge in [-0.1, -0.05) is 0 Å². The number of sulfonamides is 1. The number of amides is 1. The van der Waals surface area contributed by atoms with Gasteiger partial charge in [0.1, 0.15) is 5.82 Å². The van der Waals surface area contributed by atoms with E-state index in [2.05, 4.69) is 15.9 Å². The lowest BCUT2D eigenvalue weighted by Crippen LogP contribution is -2.17. The molecule has 2 aromatic carbocycles. The van der Waals surface area contributed by atoms with Crippen LogP contribution in [0.15, 0.2) is 39.7 Å². The molecule has 0 atom stereocenters. The third-order valence-corrected chi connectivity index (χ3v) is 4.37. The normalized spacial score (nSPS) is 11.3. The Morgan fingerprint density at radius 3 is 2.26 bits per heavy atom. The van der Waals surface area contributed by atoms with Crippen molar-refractivity contribution in [3.8, 4) is 0 Å². The number of nitrogens with two attached hydrogens (primary N) is 1. The second-order valence-electron chi connectivity index (χ2n) is 4.39. The zero-order chi connectivity index (χ0) is 17.4. The standard InChI is InChI=1S/C13H8BrF3N2O3S/c14-8-2-1-6(23(18,21)22)3-7(8)13(20)19-12-5-10(16)9(15)4-11(12)17/h1-5H,(H,19,20)(H2,18,21,22). The van der Waals surface area contributed by atoms with Gasteiger partial charge in [-0.15, -0.1) is 0 Å². The first-order valence-electron chi connectivity index (χ1n) is 5.88. The van der Waals surface area contributed by atoms with Crippen molar-refractivity contribution in [3.05, 3.63) is 57.8 Å². The number of halogens is 4. The van der Waals surface area contributed by atoms with E-state index in [0.29, 0.717) is 6.07 Å². The fraction of sp³-hybridized carbons (Fsp3) is 0. The van der Waals surface area contributed by atoms with Gasteiger partial charge in [-0.2, -0.15) is 0 Å². The lowest BCUT2D eigenvalue weighted by molar-refractivity contribution is 0.102. The topological polar surface area (TPSA) is 89.3 Å². The van der Waals surface area contributed by atoms with Crippen molar-refractivity contribution in [1.82, 2.24) is 0 Å². The summed E-state index contributed by atoms with van der Waals surface area (Å²) in [6.45, 7) is 0. The summed E-state index contributed by atoms with van der Waals surface area (Å²) < 4.78 is 62.3. The summed E-state index contributed by atoms with van der Waals surface area (Å²) in [6, 6.07) is 4.14. The fourth-order valence-corrected chi connectivity index (χ4v) is 2.63. The Kier molecular flexibility index (Phi) is 4.78. The van der Waals surface area contributed by atoms with E-state index in [0.717, 1.165) is 12.1 Å². The largest absolute Gasteiger partial charge is 0.319 e. The van der Waals surface area contributed by atoms with Crippen LogP contribution in [0.2, 0.25) is 0 Å². The second-order valence-corrected chi connectivity index (χ2v) is 6.80. The van der Waals surface area contributed by atoms with Crippen LogP contribution in [0.5, 0.6) is 0 Å². The second kappa shape index (κ2) is 6.30. The van der Waals surface area contributed by atoms with Crippen molar-refractivity contribution in [2.24, 2.45) is 5.14 Å². The Morgan fingerprint density at radius 1 is 1.04 bits per heavy atom. The predicted molar refractivity (Wildman–Crippen MR) is 79.8 cm³/mol. The molecule has 3 N–H and O–H groups in total. The van der Waals surface area contributed by atoms with Crippen LogP contribution in [0.1, 0.15) is 10.4 Å². The van der Waals surface area contributed by atoms with Crippen LogP contribution >= 0.6 is 15.9 Å². The van der Waals surface area contributed by atoms with Gasteiger partial charge in [0.05, 0.1) is 16.1 Å². The number of nitrogens with one attached hydrogen (secondary N) is 1. The Balaban J connectivity index is 2.40. The Morgan fingerprint density at radius 2 is 1.65 bits per heavy atom. The molecule has 1 amide bonds. The van der Waals surface area contributed by atoms with Crippen LogP contribution in [0.25, 0.3) is 0 Å². The van der Waals surface area contributed by atoms with Gasteiger partial charge in [0, 0.05) is 16.6 Å². The maximum atomic E-state index is 13.5. The zero-order valence-electron chi connectivity index (χ0n) is 11.1. The van der Waals surface area contributed by atoms with Gasteiger partial charge in [0.25, 0.3) is 5.91 Å². The highest BCUT2D eigenvalue weighted by atomic mass is 79.9. The molecule has 0 fully saturated rings. The first kappa shape index (κ1) is 17.4. The zero-order valence-corrected chi connectivity index (χ0v) is 13.5. The summed E-state index contributed by atoms with van der Waals surface area (Å²) in [7, 11) is -4.05. The molecule has 0 aromatic heterocycles. The van der Waals surface area contributed by atoms with E-state index in [4.69, 9.17) is 5.14 Å². The van der Waals surface area contributed by atoms with E-state index < -0.39 is 39.1 Å². The molecule has 5 nitrogen and oxygen atoms in total. The van der Waals surface area contributed by atoms with Crippen molar-refractivity contribution >= 4 is 37.5 Å². The number of primary sulfonamides is 1. The highest BCUT2D eigenvalue weighted by Crippen LogP contribution is 2.23. The van der Waals surface area contributed by atoms with Crippen molar-refractivity contribution in [1.29, 1.82) is 0 Å². The van der Waals surface area contributed by atoms with Crippen molar-refractivity contribution in [2.75, 3.05) is 5.32 Å². The van der Waals surface area contributed by atoms with E-state index in [9.17, 15) is 26.4 Å². The van der Waals surface area contributed by atoms with E-state index in [1.165, 1.54) is 6.07 Å². The number of carbonyl (C=O) groups excluding carboxylic acids is 1. The average Bonchev–Trinajstić information content (AvgIpc) is 2.43. The molecule has 0 aliphatic heterocycles. The first-order chi connectivity index (χ1) is 10.6. The summed E-state index contributed by atoms with van der Waals surface area (Å²) in [5.74, 6) is -4.87. The van der Waals surface area contributed by atoms with Crippen molar-refractivity contribution in [2.45, 2.75) is 4.90 Å². The number of rotatable bonds is 3. The molecule has 0 saturated carbocycles. The van der Waals surface area contributed by atoms with Crippen LogP contribution in [0.3, 0.4) is 0 Å². The van der Waals surface area contributed by atoms with Crippen LogP contribution in [-0.4, -0.2) is 14.3 Å². The molecule has 23 heavy (non-hydrogen) atoms. The average molecular weight is 409 g/mol. The molecule has 0 aliphatic carbocycles. The molecule has 122 valence electrons. The minimum atomic E-state index is -4.05. The Labute approximate surface area is 137 Å². The van der Waals surface area contributed by atoms with Crippen molar-refractivity contribution < 1.29 is 26.4 Å². The Hall–Kier alpha value is -1.91. The molecule has 2 rings (SSSR count). The van der Waals surface area contributed by atoms with E-state index in [1.807, 2.05) is 5.32 Å². The lowest BCUT2D eigenvalue weighted by Gasteiger charge is -2.09. The van der Waals surface area contributed by atoms with Gasteiger partial charge in [-0.25, -0.2) is 26.7 Å². The minimum Gasteiger partial charge on any atom is -0.319 e. The number of hydrogen-bond donors (Lipinski definition) is 2. The molecule has 0 radical (unpaired) electrons. The summed E-state index contributed by atoms with van der Waals surface area (Å²) in [4.78, 5) is 11.8. The lowest BCUT2D eigenvalue weighted by atomic mass is 10.2. The molecule has 0 saturated heterocycles. The number of anilines is 1. The summed E-state index contributed by atoms with van der Waals surface area (Å²) in [5, 5.41) is 6.99. The maximum absolute atomic E-state index is 13.5. The van der Waals surface area contributed by atoms with Gasteiger partial charge in [-0.05, 0) is 34.1 Å². The highest BCUT2D eigenvalue weighted by Gasteiger charge is 2.18. The highest BCUT2D eigenvalue weighted by molar-refractivity contribution is 9.10. The van der Waals surface area contributed by atoms with E-state index in [1.54, 1.807) is 0 Å². The molecule has 0 aliphatic rings. The van der Waals surface area contributed by atoms with Gasteiger partial charge in [-0.3, -0.25) is 4.79 Å². The molecule has 0 bridgehead atoms. The fourth-order valence-electron chi connectivity index (χ4n) is 1.66. The molecule has 0 spiro atoms. The van der Waals surface area contributed by atoms with Crippen molar-refractivity contribution in [3.63, 3.8) is 0 Å². The third kappa shape index (κ3) is 3.89. The van der Waals surface area contributed by atoms with Gasteiger partial charge < -0.3 is 5.32 Å². The van der Waals surface area contributed by atoms with E-state index in [-0.39, 0.29) is 21.0 Å². The maximum Gasteiger partial charge on any atom is 0.256 e. The first-order valence-corrected chi connectivity index (χ1v) is 8.22. The SMILES string of the molecule is NS(=O)(=O)c1ccc(Br)c(C(=O)Nc2cc(F)c(F)cc2F)c1. The summed E-state index contributed by atoms with van der Waals surface area (Å²) in [6.07, 6.45) is 0. The van der Waals surface area contributed by atoms with Gasteiger partial charge >= 0.3 is 0 Å². The number of carbonyl (C=O) groups is 1. The molecule has 0 heterocycles. The quantitative estimate of drug-likeness (QED) is 0.765. The van der Waals surface area contributed by atoms with Crippen LogP contribution in [-0.2, 0) is 10.0 Å². The molecule has 10 heteroatoms. The van der Waals surface area contributed by atoms with Gasteiger partial charge in [0.2, 0.25) is 10.0 Å². The molecule has 2 aromatic rings. The number of benzene rings is 2. The predicted octanol–water partition coefficient (Wildman–Crippen LogP) is 2.77. The van der Waals surface area contributed by atoms with Gasteiger partial charge in [0.15, 0.2) is 11.6 Å². The van der Waals surface area contributed by atoms with E-state index >= 15 is 0 Å². The molecular formula is C13H8BrF3N2O3S. The molecule has 0 unspecified atom stereocenters. The number of hydrogen-bond acceptors (Lipinski definition) is 3. The summed E-state index contributed by atoms with van der Waals surface area (Å²) in [5.41, 5.74) is -0.775.